The van der Waals surface area contributed by atoms with Crippen LogP contribution in [-0.2, 0) is 19.5 Å². The van der Waals surface area contributed by atoms with Crippen LogP contribution in [0.25, 0.3) is 0 Å². The van der Waals surface area contributed by atoms with Crippen LogP contribution < -0.4 is 5.32 Å². The van der Waals surface area contributed by atoms with Crippen LogP contribution >= 0.6 is 11.3 Å². The molecule has 1 N–H and O–H groups in total. The average Bonchev–Trinajstić information content (AvgIpc) is 3.41. The number of hydrogen-bond acceptors (Lipinski definition) is 8. The van der Waals surface area contributed by atoms with Gasteiger partial charge in [0.25, 0.3) is 5.91 Å². The molecule has 0 bridgehead atoms. The van der Waals surface area contributed by atoms with Crippen LogP contribution in [0.4, 0.5) is 5.00 Å². The van der Waals surface area contributed by atoms with Gasteiger partial charge in [-0.2, -0.15) is 9.57 Å². The quantitative estimate of drug-likeness (QED) is 0.562. The Morgan fingerprint density at radius 2 is 2.03 bits per heavy atom. The molecule has 0 aliphatic carbocycles. The Morgan fingerprint density at radius 3 is 2.61 bits per heavy atom. The Morgan fingerprint density at radius 1 is 1.33 bits per heavy atom. The molecule has 1 fully saturated rings. The smallest absolute Gasteiger partial charge is 0.348 e. The van der Waals surface area contributed by atoms with Gasteiger partial charge in [-0.3, -0.25) is 4.79 Å². The SMILES string of the molecule is CCOC(=O)c1sc(NC(=O)c2ccc(S(=O)(=O)N(C)CC3CCCO3)cc2)c(C#N)c1C. The molecule has 33 heavy (non-hydrogen) atoms. The van der Waals surface area contributed by atoms with Crippen LogP contribution in [0.15, 0.2) is 29.2 Å². The third-order valence-corrected chi connectivity index (χ3v) is 8.28. The number of thiophene rings is 1. The van der Waals surface area contributed by atoms with E-state index in [0.29, 0.717) is 12.2 Å². The van der Waals surface area contributed by atoms with E-state index in [1.807, 2.05) is 6.07 Å². The van der Waals surface area contributed by atoms with E-state index in [1.54, 1.807) is 13.8 Å². The molecule has 2 aromatic rings. The first-order valence-corrected chi connectivity index (χ1v) is 12.6. The van der Waals surface area contributed by atoms with Crippen molar-refractivity contribution in [1.29, 1.82) is 5.26 Å². The maximum atomic E-state index is 12.8. The molecule has 1 aliphatic heterocycles. The number of hydrogen-bond donors (Lipinski definition) is 1. The van der Waals surface area contributed by atoms with Crippen molar-refractivity contribution in [2.75, 3.05) is 32.1 Å². The van der Waals surface area contributed by atoms with Crippen LogP contribution in [0.2, 0.25) is 0 Å². The third kappa shape index (κ3) is 5.42. The number of esters is 1. The highest BCUT2D eigenvalue weighted by Crippen LogP contribution is 2.33. The molecule has 0 radical (unpaired) electrons. The zero-order valence-electron chi connectivity index (χ0n) is 18.6. The summed E-state index contributed by atoms with van der Waals surface area (Å²) in [5, 5.41) is 12.3. The first-order valence-electron chi connectivity index (χ1n) is 10.4. The molecule has 1 aromatic carbocycles. The number of nitrogens with one attached hydrogen (secondary N) is 1. The maximum absolute atomic E-state index is 12.8. The minimum atomic E-state index is -3.73. The highest BCUT2D eigenvalue weighted by molar-refractivity contribution is 7.89. The monoisotopic (exact) mass is 491 g/mol. The van der Waals surface area contributed by atoms with Gasteiger partial charge in [0.15, 0.2) is 0 Å². The largest absolute Gasteiger partial charge is 0.462 e. The number of anilines is 1. The molecule has 2 heterocycles. The van der Waals surface area contributed by atoms with E-state index in [1.165, 1.54) is 35.6 Å². The lowest BCUT2D eigenvalue weighted by molar-refractivity contribution is 0.0531. The molecule has 11 heteroatoms. The summed E-state index contributed by atoms with van der Waals surface area (Å²) >= 11 is 0.965. The van der Waals surface area contributed by atoms with Gasteiger partial charge in [0.05, 0.1) is 23.2 Å². The molecule has 9 nitrogen and oxygen atoms in total. The lowest BCUT2D eigenvalue weighted by Crippen LogP contribution is -2.34. The Hall–Kier alpha value is -2.78. The normalized spacial score (nSPS) is 15.9. The fourth-order valence-corrected chi connectivity index (χ4v) is 5.68. The van der Waals surface area contributed by atoms with E-state index < -0.39 is 21.9 Å². The second-order valence-corrected chi connectivity index (χ2v) is 10.6. The van der Waals surface area contributed by atoms with Gasteiger partial charge in [-0.15, -0.1) is 11.3 Å². The zero-order chi connectivity index (χ0) is 24.2. The zero-order valence-corrected chi connectivity index (χ0v) is 20.2. The lowest BCUT2D eigenvalue weighted by Gasteiger charge is -2.20. The number of likely N-dealkylation sites (N-methyl/N-ethyl adjacent to an activating group) is 1. The lowest BCUT2D eigenvalue weighted by atomic mass is 10.1. The molecular formula is C22H25N3O6S2. The van der Waals surface area contributed by atoms with Crippen LogP contribution in [0.5, 0.6) is 0 Å². The van der Waals surface area contributed by atoms with Crippen LogP contribution in [0.1, 0.15) is 50.9 Å². The number of benzene rings is 1. The number of sulfonamides is 1. The molecule has 176 valence electrons. The summed E-state index contributed by atoms with van der Waals surface area (Å²) in [4.78, 5) is 25.1. The number of nitriles is 1. The number of amides is 1. The average molecular weight is 492 g/mol. The molecule has 3 rings (SSSR count). The van der Waals surface area contributed by atoms with Crippen molar-refractivity contribution >= 4 is 38.2 Å². The van der Waals surface area contributed by atoms with Crippen molar-refractivity contribution in [3.05, 3.63) is 45.8 Å². The standard InChI is InChI=1S/C22H25N3O6S2/c1-4-30-22(27)19-14(2)18(12-23)21(32-19)24-20(26)15-7-9-17(10-8-15)33(28,29)25(3)13-16-6-5-11-31-16/h7-10,16H,4-6,11,13H2,1-3H3,(H,24,26). The van der Waals surface area contributed by atoms with Crippen molar-refractivity contribution in [1.82, 2.24) is 4.31 Å². The highest BCUT2D eigenvalue weighted by atomic mass is 32.2. The molecule has 1 unspecified atom stereocenters. The van der Waals surface area contributed by atoms with E-state index in [4.69, 9.17) is 9.47 Å². The van der Waals surface area contributed by atoms with Gasteiger partial charge < -0.3 is 14.8 Å². The highest BCUT2D eigenvalue weighted by Gasteiger charge is 2.27. The predicted molar refractivity (Wildman–Crippen MR) is 123 cm³/mol. The van der Waals surface area contributed by atoms with Crippen LogP contribution in [-0.4, -0.2) is 57.5 Å². The minimum absolute atomic E-state index is 0.0637. The maximum Gasteiger partial charge on any atom is 0.348 e. The van der Waals surface area contributed by atoms with Gasteiger partial charge in [-0.05, 0) is 56.5 Å². The first-order chi connectivity index (χ1) is 15.7. The number of nitrogens with zero attached hydrogens (tertiary/aromatic N) is 2. The Kier molecular flexibility index (Phi) is 7.86. The summed E-state index contributed by atoms with van der Waals surface area (Å²) in [6.07, 6.45) is 1.63. The second-order valence-electron chi connectivity index (χ2n) is 7.49. The van der Waals surface area contributed by atoms with E-state index in [2.05, 4.69) is 5.32 Å². The molecule has 0 spiro atoms. The number of rotatable bonds is 8. The van der Waals surface area contributed by atoms with Crippen molar-refractivity contribution < 1.29 is 27.5 Å². The summed E-state index contributed by atoms with van der Waals surface area (Å²) in [6.45, 7) is 4.39. The summed E-state index contributed by atoms with van der Waals surface area (Å²) in [6, 6.07) is 7.54. The summed E-state index contributed by atoms with van der Waals surface area (Å²) < 4.78 is 37.4. The minimum Gasteiger partial charge on any atom is -0.462 e. The topological polar surface area (TPSA) is 126 Å². The molecule has 1 amide bonds. The summed E-state index contributed by atoms with van der Waals surface area (Å²) in [5.41, 5.74) is 0.835. The molecule has 1 atom stereocenters. The molecule has 1 saturated heterocycles. The van der Waals surface area contributed by atoms with Crippen molar-refractivity contribution in [3.63, 3.8) is 0 Å². The predicted octanol–water partition coefficient (Wildman–Crippen LogP) is 3.16. The number of ether oxygens (including phenoxy) is 2. The van der Waals surface area contributed by atoms with E-state index in [9.17, 15) is 23.3 Å². The molecule has 0 saturated carbocycles. The summed E-state index contributed by atoms with van der Waals surface area (Å²) in [5.74, 6) is -1.08. The third-order valence-electron chi connectivity index (χ3n) is 5.26. The molecular weight excluding hydrogens is 466 g/mol. The van der Waals surface area contributed by atoms with Gasteiger partial charge in [0.2, 0.25) is 10.0 Å². The Labute approximate surface area is 197 Å². The van der Waals surface area contributed by atoms with Crippen LogP contribution in [0.3, 0.4) is 0 Å². The van der Waals surface area contributed by atoms with E-state index >= 15 is 0 Å². The van der Waals surface area contributed by atoms with Crippen molar-refractivity contribution in [2.24, 2.45) is 0 Å². The second kappa shape index (κ2) is 10.4. The van der Waals surface area contributed by atoms with Gasteiger partial charge in [-0.25, -0.2) is 13.2 Å². The summed E-state index contributed by atoms with van der Waals surface area (Å²) in [7, 11) is -2.23. The fourth-order valence-electron chi connectivity index (χ4n) is 3.43. The van der Waals surface area contributed by atoms with Crippen molar-refractivity contribution in [2.45, 2.75) is 37.7 Å². The van der Waals surface area contributed by atoms with E-state index in [0.717, 1.165) is 24.2 Å². The molecule has 1 aliphatic rings. The Bertz CT molecular complexity index is 1180. The Balaban J connectivity index is 1.75. The number of carbonyl (C=O) groups excluding carboxylic acids is 2. The first kappa shape index (κ1) is 24.9. The van der Waals surface area contributed by atoms with Gasteiger partial charge in [-0.1, -0.05) is 0 Å². The number of carbonyl (C=O) groups is 2. The van der Waals surface area contributed by atoms with E-state index in [-0.39, 0.29) is 45.2 Å². The molecule has 1 aromatic heterocycles. The fraction of sp³-hybridized carbons (Fsp3) is 0.409. The van der Waals surface area contributed by atoms with Gasteiger partial charge in [0.1, 0.15) is 15.9 Å². The van der Waals surface area contributed by atoms with Crippen LogP contribution in [0, 0.1) is 18.3 Å². The van der Waals surface area contributed by atoms with Gasteiger partial charge >= 0.3 is 5.97 Å². The van der Waals surface area contributed by atoms with Crippen molar-refractivity contribution in [3.8, 4) is 6.07 Å². The van der Waals surface area contributed by atoms with Gasteiger partial charge in [0, 0.05) is 25.8 Å².